The van der Waals surface area contributed by atoms with Gasteiger partial charge in [-0.25, -0.2) is 0 Å². The summed E-state index contributed by atoms with van der Waals surface area (Å²) in [4.78, 5) is 0. The van der Waals surface area contributed by atoms with Gasteiger partial charge in [-0.3, -0.25) is 0 Å². The Kier molecular flexibility index (Phi) is 4.26. The summed E-state index contributed by atoms with van der Waals surface area (Å²) in [6.45, 7) is 9.83. The van der Waals surface area contributed by atoms with Crippen LogP contribution in [0, 0.1) is 35.5 Å². The molecule has 6 unspecified atom stereocenters. The third-order valence-electron chi connectivity index (χ3n) is 5.25. The SMILES string of the molecule is C.CCCC1CC(C)C2CC(C)C(C)C12. The molecule has 15 heavy (non-hydrogen) atoms. The minimum absolute atomic E-state index is 0. The number of rotatable bonds is 2. The van der Waals surface area contributed by atoms with E-state index in [-0.39, 0.29) is 7.43 Å². The number of hydrogen-bond acceptors (Lipinski definition) is 0. The van der Waals surface area contributed by atoms with Gasteiger partial charge in [0.15, 0.2) is 0 Å². The molecule has 0 aromatic carbocycles. The van der Waals surface area contributed by atoms with Gasteiger partial charge in [0, 0.05) is 0 Å². The summed E-state index contributed by atoms with van der Waals surface area (Å²) in [5.41, 5.74) is 0. The summed E-state index contributed by atoms with van der Waals surface area (Å²) in [6.07, 6.45) is 5.93. The van der Waals surface area contributed by atoms with E-state index >= 15 is 0 Å². The lowest BCUT2D eigenvalue weighted by atomic mass is 9.81. The van der Waals surface area contributed by atoms with Crippen LogP contribution >= 0.6 is 0 Å². The van der Waals surface area contributed by atoms with Gasteiger partial charge in [-0.05, 0) is 48.3 Å². The van der Waals surface area contributed by atoms with Gasteiger partial charge in [0.05, 0.1) is 0 Å². The van der Waals surface area contributed by atoms with Crippen LogP contribution in [0.15, 0.2) is 0 Å². The average molecular weight is 210 g/mol. The van der Waals surface area contributed by atoms with Crippen LogP contribution in [0.25, 0.3) is 0 Å². The summed E-state index contributed by atoms with van der Waals surface area (Å²) in [5, 5.41) is 0. The largest absolute Gasteiger partial charge is 0.0776 e. The van der Waals surface area contributed by atoms with Crippen LogP contribution in [0.3, 0.4) is 0 Å². The molecule has 2 aliphatic carbocycles. The van der Waals surface area contributed by atoms with Crippen molar-refractivity contribution < 1.29 is 0 Å². The van der Waals surface area contributed by atoms with Gasteiger partial charge in [-0.2, -0.15) is 0 Å². The lowest BCUT2D eigenvalue weighted by Crippen LogP contribution is -2.17. The minimum atomic E-state index is 0. The Labute approximate surface area is 96.8 Å². The molecule has 0 bridgehead atoms. The zero-order chi connectivity index (χ0) is 10.3. The second-order valence-electron chi connectivity index (χ2n) is 6.08. The van der Waals surface area contributed by atoms with Crippen molar-refractivity contribution in [3.8, 4) is 0 Å². The second kappa shape index (κ2) is 4.89. The highest BCUT2D eigenvalue weighted by molar-refractivity contribution is 4.98. The summed E-state index contributed by atoms with van der Waals surface area (Å²) < 4.78 is 0. The third-order valence-corrected chi connectivity index (χ3v) is 5.25. The summed E-state index contributed by atoms with van der Waals surface area (Å²) in [6, 6.07) is 0. The monoisotopic (exact) mass is 210 g/mol. The molecule has 0 aromatic heterocycles. The fourth-order valence-corrected chi connectivity index (χ4v) is 4.45. The molecule has 0 N–H and O–H groups in total. The Balaban J connectivity index is 0.00000112. The van der Waals surface area contributed by atoms with Crippen LogP contribution < -0.4 is 0 Å². The highest BCUT2D eigenvalue weighted by Gasteiger charge is 2.49. The fourth-order valence-electron chi connectivity index (χ4n) is 4.45. The van der Waals surface area contributed by atoms with Gasteiger partial charge in [-0.15, -0.1) is 0 Å². The first-order valence-electron chi connectivity index (χ1n) is 6.65. The predicted octanol–water partition coefficient (Wildman–Crippen LogP) is 4.99. The van der Waals surface area contributed by atoms with Crippen molar-refractivity contribution in [2.45, 2.75) is 60.8 Å². The smallest absolute Gasteiger partial charge is 0.0326 e. The van der Waals surface area contributed by atoms with Crippen LogP contribution in [0.4, 0.5) is 0 Å². The van der Waals surface area contributed by atoms with E-state index in [9.17, 15) is 0 Å². The van der Waals surface area contributed by atoms with Crippen molar-refractivity contribution in [2.24, 2.45) is 35.5 Å². The van der Waals surface area contributed by atoms with E-state index in [0.717, 1.165) is 35.5 Å². The zero-order valence-electron chi connectivity index (χ0n) is 10.3. The molecule has 0 nitrogen and oxygen atoms in total. The first-order chi connectivity index (χ1) is 6.65. The van der Waals surface area contributed by atoms with Gasteiger partial charge in [0.1, 0.15) is 0 Å². The van der Waals surface area contributed by atoms with Crippen molar-refractivity contribution in [1.82, 2.24) is 0 Å². The van der Waals surface area contributed by atoms with Crippen LogP contribution in [-0.2, 0) is 0 Å². The molecule has 0 radical (unpaired) electrons. The quantitative estimate of drug-likeness (QED) is 0.602. The maximum atomic E-state index is 2.51. The Bertz CT molecular complexity index is 196. The maximum Gasteiger partial charge on any atom is -0.0326 e. The van der Waals surface area contributed by atoms with E-state index < -0.39 is 0 Å². The van der Waals surface area contributed by atoms with E-state index in [1.54, 1.807) is 0 Å². The van der Waals surface area contributed by atoms with Crippen LogP contribution in [0.2, 0.25) is 0 Å². The van der Waals surface area contributed by atoms with Crippen LogP contribution in [0.1, 0.15) is 60.8 Å². The molecule has 0 heteroatoms. The average Bonchev–Trinajstić information content (AvgIpc) is 2.57. The predicted molar refractivity (Wildman–Crippen MR) is 68.8 cm³/mol. The molecule has 2 fully saturated rings. The normalized spacial score (nSPS) is 48.8. The molecule has 0 spiro atoms. The Hall–Kier alpha value is 0. The molecule has 90 valence electrons. The second-order valence-corrected chi connectivity index (χ2v) is 6.08. The van der Waals surface area contributed by atoms with E-state index in [4.69, 9.17) is 0 Å². The molecule has 2 aliphatic rings. The molecule has 2 saturated carbocycles. The van der Waals surface area contributed by atoms with Crippen molar-refractivity contribution in [3.63, 3.8) is 0 Å². The van der Waals surface area contributed by atoms with E-state index in [0.29, 0.717) is 0 Å². The number of fused-ring (bicyclic) bond motifs is 1. The Morgan fingerprint density at radius 3 is 2.27 bits per heavy atom. The fraction of sp³-hybridized carbons (Fsp3) is 1.00. The van der Waals surface area contributed by atoms with E-state index in [1.165, 1.54) is 25.7 Å². The van der Waals surface area contributed by atoms with Gasteiger partial charge >= 0.3 is 0 Å². The standard InChI is InChI=1S/C14H26.CH4/c1-5-6-12-7-10(3)13-8-9(2)11(4)14(12)13;/h9-14H,5-8H2,1-4H3;1H4. The van der Waals surface area contributed by atoms with Crippen LogP contribution in [-0.4, -0.2) is 0 Å². The zero-order valence-corrected chi connectivity index (χ0v) is 10.3. The highest BCUT2D eigenvalue weighted by atomic mass is 14.5. The topological polar surface area (TPSA) is 0 Å². The lowest BCUT2D eigenvalue weighted by molar-refractivity contribution is 0.248. The molecule has 0 saturated heterocycles. The molecular weight excluding hydrogens is 180 g/mol. The van der Waals surface area contributed by atoms with Crippen LogP contribution in [0.5, 0.6) is 0 Å². The van der Waals surface area contributed by atoms with E-state index in [1.807, 2.05) is 0 Å². The Morgan fingerprint density at radius 1 is 1.00 bits per heavy atom. The first-order valence-corrected chi connectivity index (χ1v) is 6.65. The molecule has 0 amide bonds. The minimum Gasteiger partial charge on any atom is -0.0776 e. The molecular formula is C15H30. The first kappa shape index (κ1) is 13.1. The molecule has 0 aromatic rings. The van der Waals surface area contributed by atoms with Crippen molar-refractivity contribution in [2.75, 3.05) is 0 Å². The highest BCUT2D eigenvalue weighted by Crippen LogP contribution is 2.56. The van der Waals surface area contributed by atoms with Crippen molar-refractivity contribution in [3.05, 3.63) is 0 Å². The maximum absolute atomic E-state index is 2.51. The number of hydrogen-bond donors (Lipinski definition) is 0. The third kappa shape index (κ3) is 2.10. The molecule has 6 atom stereocenters. The van der Waals surface area contributed by atoms with Crippen molar-refractivity contribution >= 4 is 0 Å². The van der Waals surface area contributed by atoms with Gasteiger partial charge in [-0.1, -0.05) is 48.0 Å². The van der Waals surface area contributed by atoms with Gasteiger partial charge in [0.2, 0.25) is 0 Å². The summed E-state index contributed by atoms with van der Waals surface area (Å²) in [5.74, 6) is 6.24. The molecule has 0 heterocycles. The molecule has 0 aliphatic heterocycles. The summed E-state index contributed by atoms with van der Waals surface area (Å²) in [7, 11) is 0. The molecule has 2 rings (SSSR count). The Morgan fingerprint density at radius 2 is 1.67 bits per heavy atom. The van der Waals surface area contributed by atoms with E-state index in [2.05, 4.69) is 27.7 Å². The van der Waals surface area contributed by atoms with Gasteiger partial charge in [0.25, 0.3) is 0 Å². The van der Waals surface area contributed by atoms with Crippen molar-refractivity contribution in [1.29, 1.82) is 0 Å². The summed E-state index contributed by atoms with van der Waals surface area (Å²) >= 11 is 0. The lowest BCUT2D eigenvalue weighted by Gasteiger charge is -2.24. The van der Waals surface area contributed by atoms with Gasteiger partial charge < -0.3 is 0 Å².